The molecule has 0 spiro atoms. The number of amides is 1. The first-order valence-electron chi connectivity index (χ1n) is 8.26. The molecule has 6 nitrogen and oxygen atoms in total. The van der Waals surface area contributed by atoms with Crippen molar-refractivity contribution in [2.45, 2.75) is 32.4 Å². The van der Waals surface area contributed by atoms with Gasteiger partial charge in [-0.3, -0.25) is 4.79 Å². The van der Waals surface area contributed by atoms with Gasteiger partial charge in [0.1, 0.15) is 24.5 Å². The molecule has 1 N–H and O–H groups in total. The SMILES string of the molecule is CC(=O)N[C@@H]1CCN(c2ncnc3c2Cc2ccccc2OC3)C1. The van der Waals surface area contributed by atoms with Crippen molar-refractivity contribution in [2.24, 2.45) is 0 Å². The topological polar surface area (TPSA) is 67.4 Å². The number of hydrogen-bond donors (Lipinski definition) is 1. The molecule has 1 aromatic carbocycles. The third-order valence-corrected chi connectivity index (χ3v) is 4.61. The lowest BCUT2D eigenvalue weighted by Crippen LogP contribution is -2.36. The molecular formula is C18H20N4O2. The number of benzene rings is 1. The number of rotatable bonds is 2. The second kappa shape index (κ2) is 6.11. The van der Waals surface area contributed by atoms with Gasteiger partial charge in [-0.1, -0.05) is 18.2 Å². The zero-order chi connectivity index (χ0) is 16.5. The third-order valence-electron chi connectivity index (χ3n) is 4.61. The molecular weight excluding hydrogens is 304 g/mol. The molecule has 1 aromatic heterocycles. The largest absolute Gasteiger partial charge is 0.487 e. The monoisotopic (exact) mass is 324 g/mol. The van der Waals surface area contributed by atoms with Crippen LogP contribution in [-0.2, 0) is 17.8 Å². The summed E-state index contributed by atoms with van der Waals surface area (Å²) < 4.78 is 5.90. The molecule has 2 aliphatic heterocycles. The first kappa shape index (κ1) is 14.9. The van der Waals surface area contributed by atoms with Gasteiger partial charge in [-0.15, -0.1) is 0 Å². The average Bonchev–Trinajstić information content (AvgIpc) is 2.93. The minimum absolute atomic E-state index is 0.0192. The molecule has 1 amide bonds. The molecule has 0 bridgehead atoms. The second-order valence-electron chi connectivity index (χ2n) is 6.33. The lowest BCUT2D eigenvalue weighted by atomic mass is 10.0. The molecule has 0 aliphatic carbocycles. The predicted octanol–water partition coefficient (Wildman–Crippen LogP) is 1.67. The van der Waals surface area contributed by atoms with Crippen LogP contribution in [0.2, 0.25) is 0 Å². The van der Waals surface area contributed by atoms with Crippen molar-refractivity contribution in [1.29, 1.82) is 0 Å². The van der Waals surface area contributed by atoms with Crippen LogP contribution < -0.4 is 15.0 Å². The number of nitrogens with zero attached hydrogens (tertiary/aromatic N) is 3. The summed E-state index contributed by atoms with van der Waals surface area (Å²) in [5, 5.41) is 3.00. The van der Waals surface area contributed by atoms with Gasteiger partial charge < -0.3 is 15.0 Å². The average molecular weight is 324 g/mol. The summed E-state index contributed by atoms with van der Waals surface area (Å²) in [6.45, 7) is 3.70. The number of carbonyl (C=O) groups excluding carboxylic acids is 1. The number of hydrogen-bond acceptors (Lipinski definition) is 5. The Morgan fingerprint density at radius 2 is 2.21 bits per heavy atom. The molecule has 24 heavy (non-hydrogen) atoms. The van der Waals surface area contributed by atoms with Crippen LogP contribution in [0.15, 0.2) is 30.6 Å². The van der Waals surface area contributed by atoms with E-state index in [1.165, 1.54) is 0 Å². The molecule has 124 valence electrons. The van der Waals surface area contributed by atoms with Crippen LogP contribution in [0.5, 0.6) is 5.75 Å². The molecule has 1 atom stereocenters. The fraction of sp³-hybridized carbons (Fsp3) is 0.389. The first-order valence-corrected chi connectivity index (χ1v) is 8.26. The van der Waals surface area contributed by atoms with E-state index in [1.807, 2.05) is 18.2 Å². The Kier molecular flexibility index (Phi) is 3.80. The van der Waals surface area contributed by atoms with Crippen LogP contribution in [0.25, 0.3) is 0 Å². The zero-order valence-electron chi connectivity index (χ0n) is 13.7. The van der Waals surface area contributed by atoms with Gasteiger partial charge in [0.2, 0.25) is 5.91 Å². The van der Waals surface area contributed by atoms with Gasteiger partial charge in [-0.25, -0.2) is 9.97 Å². The maximum atomic E-state index is 11.3. The molecule has 1 fully saturated rings. The Labute approximate surface area is 140 Å². The summed E-state index contributed by atoms with van der Waals surface area (Å²) in [5.41, 5.74) is 3.23. The van der Waals surface area contributed by atoms with E-state index in [0.717, 1.165) is 54.3 Å². The summed E-state index contributed by atoms with van der Waals surface area (Å²) >= 11 is 0. The van der Waals surface area contributed by atoms with Crippen molar-refractivity contribution >= 4 is 11.7 Å². The molecule has 0 unspecified atom stereocenters. The Morgan fingerprint density at radius 1 is 1.33 bits per heavy atom. The number of para-hydroxylation sites is 1. The van der Waals surface area contributed by atoms with Crippen LogP contribution in [0.1, 0.15) is 30.2 Å². The molecule has 1 saturated heterocycles. The minimum Gasteiger partial charge on any atom is -0.487 e. The zero-order valence-corrected chi connectivity index (χ0v) is 13.7. The smallest absolute Gasteiger partial charge is 0.217 e. The quantitative estimate of drug-likeness (QED) is 0.910. The number of carbonyl (C=O) groups is 1. The molecule has 2 aliphatic rings. The molecule has 6 heteroatoms. The minimum atomic E-state index is 0.0192. The van der Waals surface area contributed by atoms with E-state index in [2.05, 4.69) is 26.3 Å². The fourth-order valence-electron chi connectivity index (χ4n) is 3.50. The van der Waals surface area contributed by atoms with Gasteiger partial charge >= 0.3 is 0 Å². The van der Waals surface area contributed by atoms with E-state index in [-0.39, 0.29) is 11.9 Å². The van der Waals surface area contributed by atoms with Crippen molar-refractivity contribution in [3.05, 3.63) is 47.4 Å². The van der Waals surface area contributed by atoms with E-state index in [4.69, 9.17) is 4.74 Å². The highest BCUT2D eigenvalue weighted by atomic mass is 16.5. The van der Waals surface area contributed by atoms with Crippen LogP contribution in [0.4, 0.5) is 5.82 Å². The normalized spacial score (nSPS) is 19.0. The first-order chi connectivity index (χ1) is 11.7. The number of aromatic nitrogens is 2. The predicted molar refractivity (Wildman–Crippen MR) is 90.0 cm³/mol. The summed E-state index contributed by atoms with van der Waals surface area (Å²) in [5.74, 6) is 1.90. The van der Waals surface area contributed by atoms with Crippen LogP contribution in [0.3, 0.4) is 0 Å². The summed E-state index contributed by atoms with van der Waals surface area (Å²) in [6.07, 6.45) is 3.31. The van der Waals surface area contributed by atoms with Gasteiger partial charge in [-0.2, -0.15) is 0 Å². The summed E-state index contributed by atoms with van der Waals surface area (Å²) in [4.78, 5) is 22.5. The molecule has 0 saturated carbocycles. The van der Waals surface area contributed by atoms with Crippen LogP contribution >= 0.6 is 0 Å². The van der Waals surface area contributed by atoms with E-state index in [9.17, 15) is 4.79 Å². The lowest BCUT2D eigenvalue weighted by Gasteiger charge is -2.21. The third kappa shape index (κ3) is 2.79. The van der Waals surface area contributed by atoms with E-state index >= 15 is 0 Å². The van der Waals surface area contributed by atoms with E-state index in [1.54, 1.807) is 13.3 Å². The second-order valence-corrected chi connectivity index (χ2v) is 6.33. The van der Waals surface area contributed by atoms with Crippen molar-refractivity contribution in [2.75, 3.05) is 18.0 Å². The number of anilines is 1. The Bertz CT molecular complexity index is 777. The maximum absolute atomic E-state index is 11.3. The molecule has 2 aromatic rings. The Morgan fingerprint density at radius 3 is 3.08 bits per heavy atom. The van der Waals surface area contributed by atoms with Gasteiger partial charge in [-0.05, 0) is 18.1 Å². The molecule has 4 rings (SSSR count). The van der Waals surface area contributed by atoms with Gasteiger partial charge in [0.25, 0.3) is 0 Å². The van der Waals surface area contributed by atoms with Crippen molar-refractivity contribution < 1.29 is 9.53 Å². The molecule has 0 radical (unpaired) electrons. The number of fused-ring (bicyclic) bond motifs is 2. The Hall–Kier alpha value is -2.63. The summed E-state index contributed by atoms with van der Waals surface area (Å²) in [6, 6.07) is 8.28. The standard InChI is InChI=1S/C18H20N4O2/c1-12(23)21-14-6-7-22(9-14)18-15-8-13-4-2-3-5-17(13)24-10-16(15)19-11-20-18/h2-5,11,14H,6-10H2,1H3,(H,21,23)/t14-/m1/s1. The Balaban J connectivity index is 1.64. The van der Waals surface area contributed by atoms with Gasteiger partial charge in [0.05, 0.1) is 5.69 Å². The highest BCUT2D eigenvalue weighted by Gasteiger charge is 2.28. The van der Waals surface area contributed by atoms with E-state index in [0.29, 0.717) is 6.61 Å². The van der Waals surface area contributed by atoms with Crippen molar-refractivity contribution in [1.82, 2.24) is 15.3 Å². The van der Waals surface area contributed by atoms with Crippen molar-refractivity contribution in [3.8, 4) is 5.75 Å². The number of nitrogens with one attached hydrogen (secondary N) is 1. The maximum Gasteiger partial charge on any atom is 0.217 e. The van der Waals surface area contributed by atoms with Gasteiger partial charge in [0.15, 0.2) is 0 Å². The van der Waals surface area contributed by atoms with Crippen LogP contribution in [-0.4, -0.2) is 35.0 Å². The fourth-order valence-corrected chi connectivity index (χ4v) is 3.50. The lowest BCUT2D eigenvalue weighted by molar-refractivity contribution is -0.119. The van der Waals surface area contributed by atoms with E-state index < -0.39 is 0 Å². The number of ether oxygens (including phenoxy) is 1. The summed E-state index contributed by atoms with van der Waals surface area (Å²) in [7, 11) is 0. The van der Waals surface area contributed by atoms with Crippen molar-refractivity contribution in [3.63, 3.8) is 0 Å². The van der Waals surface area contributed by atoms with Gasteiger partial charge in [0, 0.05) is 38.0 Å². The highest BCUT2D eigenvalue weighted by Crippen LogP contribution is 2.32. The molecule has 3 heterocycles. The van der Waals surface area contributed by atoms with Crippen LogP contribution in [0, 0.1) is 0 Å². The highest BCUT2D eigenvalue weighted by molar-refractivity contribution is 5.73.